The largest absolute Gasteiger partial charge is 0.463 e. The fourth-order valence-electron chi connectivity index (χ4n) is 2.40. The van der Waals surface area contributed by atoms with Crippen LogP contribution < -0.4 is 9.47 Å². The maximum absolute atomic E-state index is 12.1. The molecule has 2 aromatic rings. The van der Waals surface area contributed by atoms with E-state index in [0.717, 1.165) is 11.8 Å². The normalized spacial score (nSPS) is 10.3. The van der Waals surface area contributed by atoms with Gasteiger partial charge in [-0.1, -0.05) is 11.8 Å². The number of aromatic nitrogens is 2. The van der Waals surface area contributed by atoms with E-state index in [4.69, 9.17) is 18.9 Å². The molecule has 0 saturated heterocycles. The lowest BCUT2D eigenvalue weighted by molar-refractivity contribution is -0.387. The number of thioether (sulfide) groups is 1. The molecule has 0 unspecified atom stereocenters. The fourth-order valence-corrected chi connectivity index (χ4v) is 2.74. The Kier molecular flexibility index (Phi) is 8.55. The van der Waals surface area contributed by atoms with Crippen molar-refractivity contribution in [3.8, 4) is 17.5 Å². The lowest BCUT2D eigenvalue weighted by Crippen LogP contribution is -2.16. The zero-order valence-corrected chi connectivity index (χ0v) is 18.2. The van der Waals surface area contributed by atoms with Crippen molar-refractivity contribution in [2.24, 2.45) is 0 Å². The van der Waals surface area contributed by atoms with E-state index in [0.29, 0.717) is 5.56 Å². The molecular formula is C19H21N3O8S. The molecule has 0 aliphatic rings. The quantitative estimate of drug-likeness (QED) is 0.173. The van der Waals surface area contributed by atoms with Crippen molar-refractivity contribution in [1.29, 1.82) is 0 Å². The van der Waals surface area contributed by atoms with E-state index in [9.17, 15) is 19.7 Å². The van der Waals surface area contributed by atoms with Gasteiger partial charge in [0.15, 0.2) is 11.8 Å². The number of benzene rings is 1. The highest BCUT2D eigenvalue weighted by molar-refractivity contribution is 7.98. The second kappa shape index (κ2) is 11.1. The molecule has 0 aliphatic heterocycles. The monoisotopic (exact) mass is 451 g/mol. The minimum atomic E-state index is -0.776. The van der Waals surface area contributed by atoms with Crippen LogP contribution in [0.4, 0.5) is 5.69 Å². The summed E-state index contributed by atoms with van der Waals surface area (Å²) in [6.45, 7) is 4.78. The molecule has 0 atom stereocenters. The SMILES string of the molecule is CCOC(=O)COc1nc(SC)nc(Oc2cc(C)cc(C(=O)OCC)c2)c1[N+](=O)[O-]. The van der Waals surface area contributed by atoms with Crippen LogP contribution in [0.3, 0.4) is 0 Å². The lowest BCUT2D eigenvalue weighted by Gasteiger charge is -2.11. The van der Waals surface area contributed by atoms with Gasteiger partial charge in [-0.15, -0.1) is 0 Å². The summed E-state index contributed by atoms with van der Waals surface area (Å²) in [5.74, 6) is -1.97. The van der Waals surface area contributed by atoms with Crippen LogP contribution in [-0.4, -0.2) is 52.9 Å². The van der Waals surface area contributed by atoms with Crippen molar-refractivity contribution < 1.29 is 33.5 Å². The van der Waals surface area contributed by atoms with E-state index in [1.165, 1.54) is 6.07 Å². The number of hydrogen-bond acceptors (Lipinski definition) is 11. The Labute approximate surface area is 182 Å². The van der Waals surface area contributed by atoms with Crippen LogP contribution in [0.5, 0.6) is 17.5 Å². The first-order valence-corrected chi connectivity index (χ1v) is 10.4. The minimum Gasteiger partial charge on any atom is -0.463 e. The van der Waals surface area contributed by atoms with Crippen LogP contribution in [0.25, 0.3) is 0 Å². The Balaban J connectivity index is 2.45. The summed E-state index contributed by atoms with van der Waals surface area (Å²) in [4.78, 5) is 42.6. The molecule has 0 spiro atoms. The number of nitrogens with zero attached hydrogens (tertiary/aromatic N) is 3. The highest BCUT2D eigenvalue weighted by Crippen LogP contribution is 2.38. The summed E-state index contributed by atoms with van der Waals surface area (Å²) in [5, 5.41) is 11.8. The van der Waals surface area contributed by atoms with E-state index in [1.54, 1.807) is 39.2 Å². The number of ether oxygens (including phenoxy) is 4. The molecule has 12 heteroatoms. The third kappa shape index (κ3) is 6.54. The first-order valence-electron chi connectivity index (χ1n) is 9.14. The molecular weight excluding hydrogens is 430 g/mol. The van der Waals surface area contributed by atoms with Crippen molar-refractivity contribution in [2.75, 3.05) is 26.1 Å². The first-order chi connectivity index (χ1) is 14.8. The summed E-state index contributed by atoms with van der Waals surface area (Å²) < 4.78 is 20.6. The predicted octanol–water partition coefficient (Wildman–Crippen LogP) is 3.33. The van der Waals surface area contributed by atoms with Crippen molar-refractivity contribution in [2.45, 2.75) is 25.9 Å². The van der Waals surface area contributed by atoms with Gasteiger partial charge in [-0.25, -0.2) is 9.59 Å². The molecule has 0 fully saturated rings. The third-order valence-corrected chi connectivity index (χ3v) is 4.12. The van der Waals surface area contributed by atoms with Gasteiger partial charge in [0.25, 0.3) is 0 Å². The van der Waals surface area contributed by atoms with Gasteiger partial charge >= 0.3 is 29.4 Å². The maximum atomic E-state index is 12.1. The molecule has 0 N–H and O–H groups in total. The van der Waals surface area contributed by atoms with Crippen molar-refractivity contribution >= 4 is 29.4 Å². The lowest BCUT2D eigenvalue weighted by atomic mass is 10.1. The first kappa shape index (κ1) is 23.9. The maximum Gasteiger partial charge on any atom is 0.392 e. The summed E-state index contributed by atoms with van der Waals surface area (Å²) >= 11 is 1.10. The number of esters is 2. The number of rotatable bonds is 10. The summed E-state index contributed by atoms with van der Waals surface area (Å²) in [6, 6.07) is 4.56. The number of carbonyl (C=O) groups is 2. The number of carbonyl (C=O) groups excluding carboxylic acids is 2. The fraction of sp³-hybridized carbons (Fsp3) is 0.368. The van der Waals surface area contributed by atoms with Crippen LogP contribution >= 0.6 is 11.8 Å². The Morgan fingerprint density at radius 3 is 2.39 bits per heavy atom. The van der Waals surface area contributed by atoms with Gasteiger partial charge in [0.1, 0.15) is 5.75 Å². The molecule has 1 aromatic heterocycles. The molecule has 31 heavy (non-hydrogen) atoms. The second-order valence-electron chi connectivity index (χ2n) is 5.88. The summed E-state index contributed by atoms with van der Waals surface area (Å²) in [7, 11) is 0. The number of aryl methyl sites for hydroxylation is 1. The topological polar surface area (TPSA) is 140 Å². The number of hydrogen-bond donors (Lipinski definition) is 0. The smallest absolute Gasteiger partial charge is 0.392 e. The van der Waals surface area contributed by atoms with Crippen molar-refractivity contribution in [1.82, 2.24) is 9.97 Å². The van der Waals surface area contributed by atoms with Crippen LogP contribution in [0, 0.1) is 17.0 Å². The van der Waals surface area contributed by atoms with Gasteiger partial charge in [0.2, 0.25) is 0 Å². The Bertz CT molecular complexity index is 983. The van der Waals surface area contributed by atoms with Crippen LogP contribution in [0.1, 0.15) is 29.8 Å². The summed E-state index contributed by atoms with van der Waals surface area (Å²) in [5.41, 5.74) is 0.222. The second-order valence-corrected chi connectivity index (χ2v) is 6.65. The highest BCUT2D eigenvalue weighted by atomic mass is 32.2. The molecule has 0 bridgehead atoms. The predicted molar refractivity (Wildman–Crippen MR) is 110 cm³/mol. The van der Waals surface area contributed by atoms with E-state index in [2.05, 4.69) is 9.97 Å². The average molecular weight is 451 g/mol. The average Bonchev–Trinajstić information content (AvgIpc) is 2.71. The molecule has 1 heterocycles. The molecule has 1 aromatic carbocycles. The molecule has 0 aliphatic carbocycles. The van der Waals surface area contributed by atoms with Gasteiger partial charge in [-0.2, -0.15) is 9.97 Å². The zero-order chi connectivity index (χ0) is 23.0. The molecule has 2 rings (SSSR count). The van der Waals surface area contributed by atoms with E-state index >= 15 is 0 Å². The van der Waals surface area contributed by atoms with Crippen LogP contribution in [0.2, 0.25) is 0 Å². The van der Waals surface area contributed by atoms with Crippen molar-refractivity contribution in [3.05, 3.63) is 39.4 Å². The number of nitro groups is 1. The van der Waals surface area contributed by atoms with E-state index < -0.39 is 40.9 Å². The Hall–Kier alpha value is -3.41. The van der Waals surface area contributed by atoms with Gasteiger partial charge in [-0.3, -0.25) is 10.1 Å². The third-order valence-electron chi connectivity index (χ3n) is 3.57. The Morgan fingerprint density at radius 2 is 1.77 bits per heavy atom. The minimum absolute atomic E-state index is 0.123. The van der Waals surface area contributed by atoms with Gasteiger partial charge in [0, 0.05) is 0 Å². The van der Waals surface area contributed by atoms with Gasteiger partial charge < -0.3 is 18.9 Å². The zero-order valence-electron chi connectivity index (χ0n) is 17.4. The van der Waals surface area contributed by atoms with Gasteiger partial charge in [-0.05, 0) is 50.8 Å². The van der Waals surface area contributed by atoms with Crippen LogP contribution in [-0.2, 0) is 14.3 Å². The van der Waals surface area contributed by atoms with Gasteiger partial charge in [0.05, 0.1) is 23.7 Å². The van der Waals surface area contributed by atoms with E-state index in [1.807, 2.05) is 0 Å². The summed E-state index contributed by atoms with van der Waals surface area (Å²) in [6.07, 6.45) is 1.66. The molecule has 0 radical (unpaired) electrons. The highest BCUT2D eigenvalue weighted by Gasteiger charge is 2.29. The standard InChI is InChI=1S/C19H21N3O8S/c1-5-27-14(23)10-29-16-15(22(25)26)17(21-19(20-16)31-4)30-13-8-11(3)7-12(9-13)18(24)28-6-2/h7-9H,5-6,10H2,1-4H3. The molecule has 166 valence electrons. The molecule has 11 nitrogen and oxygen atoms in total. The van der Waals surface area contributed by atoms with Crippen LogP contribution in [0.15, 0.2) is 23.4 Å². The van der Waals surface area contributed by atoms with E-state index in [-0.39, 0.29) is 29.7 Å². The molecule has 0 saturated carbocycles. The van der Waals surface area contributed by atoms with Crippen molar-refractivity contribution in [3.63, 3.8) is 0 Å². The molecule has 0 amide bonds. The Morgan fingerprint density at radius 1 is 1.10 bits per heavy atom.